The summed E-state index contributed by atoms with van der Waals surface area (Å²) in [6.45, 7) is 1.36. The molecule has 2 unspecified atom stereocenters. The third-order valence-electron chi connectivity index (χ3n) is 3.48. The zero-order valence-electron chi connectivity index (χ0n) is 10.8. The van der Waals surface area contributed by atoms with Crippen LogP contribution in [0.3, 0.4) is 0 Å². The van der Waals surface area contributed by atoms with E-state index in [0.29, 0.717) is 11.5 Å². The van der Waals surface area contributed by atoms with Crippen molar-refractivity contribution in [2.45, 2.75) is 17.4 Å². The van der Waals surface area contributed by atoms with Gasteiger partial charge in [0.15, 0.2) is 9.84 Å². The second kappa shape index (κ2) is 6.35. The molecule has 0 bridgehead atoms. The topological polar surface area (TPSA) is 55.4 Å². The van der Waals surface area contributed by atoms with Crippen molar-refractivity contribution >= 4 is 25.8 Å². The molecule has 4 nitrogen and oxygen atoms in total. The highest BCUT2D eigenvalue weighted by Gasteiger charge is 2.29. The molecular formula is C13H18BrNO3S. The molecule has 0 spiro atoms. The molecule has 0 aliphatic carbocycles. The average molecular weight is 348 g/mol. The van der Waals surface area contributed by atoms with Crippen molar-refractivity contribution < 1.29 is 13.2 Å². The zero-order valence-corrected chi connectivity index (χ0v) is 13.2. The molecule has 1 fully saturated rings. The van der Waals surface area contributed by atoms with Crippen molar-refractivity contribution in [3.8, 4) is 0 Å². The van der Waals surface area contributed by atoms with Crippen molar-refractivity contribution in [3.63, 3.8) is 0 Å². The average Bonchev–Trinajstić information content (AvgIpc) is 2.90. The maximum Gasteiger partial charge on any atom is 0.179 e. The van der Waals surface area contributed by atoms with Crippen LogP contribution in [0.15, 0.2) is 33.6 Å². The lowest BCUT2D eigenvalue weighted by atomic mass is 10.0. The smallest absolute Gasteiger partial charge is 0.179 e. The number of sulfone groups is 1. The molecule has 0 amide bonds. The predicted octanol–water partition coefficient (Wildman–Crippen LogP) is 1.85. The number of hydrogen-bond acceptors (Lipinski definition) is 4. The van der Waals surface area contributed by atoms with Gasteiger partial charge in [-0.05, 0) is 37.7 Å². The summed E-state index contributed by atoms with van der Waals surface area (Å²) in [5, 5.41) is 3.11. The molecule has 2 rings (SSSR count). The number of ether oxygens (including phenoxy) is 1. The van der Waals surface area contributed by atoms with E-state index in [1.165, 1.54) is 0 Å². The summed E-state index contributed by atoms with van der Waals surface area (Å²) in [6.07, 6.45) is 0.918. The lowest BCUT2D eigenvalue weighted by molar-refractivity contribution is 0.179. The largest absolute Gasteiger partial charge is 0.381 e. The van der Waals surface area contributed by atoms with E-state index in [0.717, 1.165) is 17.5 Å². The van der Waals surface area contributed by atoms with Gasteiger partial charge in [-0.2, -0.15) is 0 Å². The molecule has 106 valence electrons. The molecule has 1 aromatic rings. The Balaban J connectivity index is 2.13. The van der Waals surface area contributed by atoms with Gasteiger partial charge in [-0.1, -0.05) is 15.9 Å². The van der Waals surface area contributed by atoms with Crippen molar-refractivity contribution in [1.29, 1.82) is 0 Å². The maximum absolute atomic E-state index is 12.4. The Morgan fingerprint density at radius 3 is 2.63 bits per heavy atom. The molecule has 1 aliphatic rings. The fraction of sp³-hybridized carbons (Fsp3) is 0.538. The summed E-state index contributed by atoms with van der Waals surface area (Å²) >= 11 is 3.31. The van der Waals surface area contributed by atoms with Crippen LogP contribution in [0.4, 0.5) is 0 Å². The lowest BCUT2D eigenvalue weighted by Crippen LogP contribution is -2.40. The summed E-state index contributed by atoms with van der Waals surface area (Å²) in [6, 6.07) is 6.71. The van der Waals surface area contributed by atoms with Crippen molar-refractivity contribution in [2.75, 3.05) is 26.0 Å². The number of rotatable bonds is 5. The molecule has 0 radical (unpaired) electrons. The molecule has 1 aromatic carbocycles. The van der Waals surface area contributed by atoms with Gasteiger partial charge in [0.25, 0.3) is 0 Å². The highest BCUT2D eigenvalue weighted by atomic mass is 79.9. The van der Waals surface area contributed by atoms with E-state index in [1.54, 1.807) is 31.3 Å². The minimum absolute atomic E-state index is 0.0591. The highest BCUT2D eigenvalue weighted by Crippen LogP contribution is 2.21. The molecule has 19 heavy (non-hydrogen) atoms. The maximum atomic E-state index is 12.4. The molecule has 1 aliphatic heterocycles. The van der Waals surface area contributed by atoms with Crippen molar-refractivity contribution in [3.05, 3.63) is 28.7 Å². The molecule has 2 atom stereocenters. The Kier molecular flexibility index (Phi) is 5.00. The molecule has 6 heteroatoms. The quantitative estimate of drug-likeness (QED) is 0.882. The minimum atomic E-state index is -3.26. The Labute approximate surface area is 122 Å². The van der Waals surface area contributed by atoms with E-state index >= 15 is 0 Å². The second-order valence-corrected chi connectivity index (χ2v) is 7.70. The predicted molar refractivity (Wildman–Crippen MR) is 78.0 cm³/mol. The minimum Gasteiger partial charge on any atom is -0.381 e. The van der Waals surface area contributed by atoms with Gasteiger partial charge in [-0.25, -0.2) is 8.42 Å². The third-order valence-corrected chi connectivity index (χ3v) is 5.79. The summed E-state index contributed by atoms with van der Waals surface area (Å²) in [4.78, 5) is 0.370. The van der Waals surface area contributed by atoms with Crippen LogP contribution >= 0.6 is 15.9 Å². The molecule has 0 aromatic heterocycles. The summed E-state index contributed by atoms with van der Waals surface area (Å²) < 4.78 is 31.0. The van der Waals surface area contributed by atoms with Gasteiger partial charge < -0.3 is 10.1 Å². The van der Waals surface area contributed by atoms with Crippen LogP contribution in [0.1, 0.15) is 6.42 Å². The summed E-state index contributed by atoms with van der Waals surface area (Å²) in [5.74, 6) is 0.384. The summed E-state index contributed by atoms with van der Waals surface area (Å²) in [5.41, 5.74) is 0. The standard InChI is InChI=1S/C13H18BrNO3S/c1-15-13(10-6-7-18-8-10)9-19(16,17)12-4-2-11(14)3-5-12/h2-5,10,13,15H,6-9H2,1H3. The first-order chi connectivity index (χ1) is 9.03. The fourth-order valence-corrected chi connectivity index (χ4v) is 4.22. The molecule has 1 saturated heterocycles. The normalized spacial score (nSPS) is 21.5. The number of nitrogens with one attached hydrogen (secondary N) is 1. The first-order valence-electron chi connectivity index (χ1n) is 6.26. The van der Waals surface area contributed by atoms with Gasteiger partial charge in [-0.3, -0.25) is 0 Å². The van der Waals surface area contributed by atoms with Crippen LogP contribution in [-0.4, -0.2) is 40.5 Å². The molecule has 0 saturated carbocycles. The Bertz CT molecular complexity index is 509. The monoisotopic (exact) mass is 347 g/mol. The summed E-state index contributed by atoms with van der Waals surface area (Å²) in [7, 11) is -1.46. The third kappa shape index (κ3) is 3.78. The number of halogens is 1. The Hall–Kier alpha value is -0.430. The van der Waals surface area contributed by atoms with Gasteiger partial charge in [-0.15, -0.1) is 0 Å². The number of benzene rings is 1. The second-order valence-electron chi connectivity index (χ2n) is 4.75. The molecule has 1 heterocycles. The zero-order chi connectivity index (χ0) is 13.9. The van der Waals surface area contributed by atoms with E-state index in [1.807, 2.05) is 0 Å². The fourth-order valence-electron chi connectivity index (χ4n) is 2.30. The van der Waals surface area contributed by atoms with Gasteiger partial charge in [0.05, 0.1) is 17.3 Å². The van der Waals surface area contributed by atoms with E-state index in [2.05, 4.69) is 21.2 Å². The van der Waals surface area contributed by atoms with E-state index in [9.17, 15) is 8.42 Å². The van der Waals surface area contributed by atoms with E-state index in [-0.39, 0.29) is 17.7 Å². The van der Waals surface area contributed by atoms with Gasteiger partial charge in [0, 0.05) is 23.0 Å². The first kappa shape index (κ1) is 15.0. The van der Waals surface area contributed by atoms with E-state index < -0.39 is 9.84 Å². The van der Waals surface area contributed by atoms with Gasteiger partial charge in [0.2, 0.25) is 0 Å². The lowest BCUT2D eigenvalue weighted by Gasteiger charge is -2.21. The van der Waals surface area contributed by atoms with Gasteiger partial charge in [0.1, 0.15) is 0 Å². The van der Waals surface area contributed by atoms with Crippen LogP contribution in [0, 0.1) is 5.92 Å². The number of hydrogen-bond donors (Lipinski definition) is 1. The molecular weight excluding hydrogens is 330 g/mol. The van der Waals surface area contributed by atoms with E-state index in [4.69, 9.17) is 4.74 Å². The van der Waals surface area contributed by atoms with Crippen LogP contribution < -0.4 is 5.32 Å². The molecule has 1 N–H and O–H groups in total. The van der Waals surface area contributed by atoms with Crippen LogP contribution in [0.2, 0.25) is 0 Å². The SMILES string of the molecule is CNC(CS(=O)(=O)c1ccc(Br)cc1)C1CCOC1. The highest BCUT2D eigenvalue weighted by molar-refractivity contribution is 9.10. The van der Waals surface area contributed by atoms with Gasteiger partial charge >= 0.3 is 0 Å². The Morgan fingerprint density at radius 1 is 1.42 bits per heavy atom. The van der Waals surface area contributed by atoms with Crippen LogP contribution in [-0.2, 0) is 14.6 Å². The van der Waals surface area contributed by atoms with Crippen molar-refractivity contribution in [1.82, 2.24) is 5.32 Å². The van der Waals surface area contributed by atoms with Crippen LogP contribution in [0.5, 0.6) is 0 Å². The Morgan fingerprint density at radius 2 is 2.11 bits per heavy atom. The van der Waals surface area contributed by atoms with Crippen molar-refractivity contribution in [2.24, 2.45) is 5.92 Å². The van der Waals surface area contributed by atoms with Crippen LogP contribution in [0.25, 0.3) is 0 Å². The first-order valence-corrected chi connectivity index (χ1v) is 8.71.